The average Bonchev–Trinajstić information content (AvgIpc) is 2.91. The summed E-state index contributed by atoms with van der Waals surface area (Å²) in [5, 5.41) is 12.5. The number of carbonyl (C=O) groups is 1. The summed E-state index contributed by atoms with van der Waals surface area (Å²) in [4.78, 5) is 14.6. The Morgan fingerprint density at radius 1 is 1.18 bits per heavy atom. The number of carbonyl (C=O) groups excluding carboxylic acids is 1. The first-order valence-electron chi connectivity index (χ1n) is 9.25. The Balaban J connectivity index is 1.44. The smallest absolute Gasteiger partial charge is 0.238 e. The number of nitrogens with zero attached hydrogens (tertiary/aromatic N) is 2. The monoisotopic (exact) mass is 397 g/mol. The van der Waals surface area contributed by atoms with Gasteiger partial charge in [-0.05, 0) is 47.9 Å². The molecule has 0 atom stereocenters. The Bertz CT molecular complexity index is 955. The minimum Gasteiger partial charge on any atom is -0.490 e. The first kappa shape index (κ1) is 18.6. The molecule has 0 saturated carbocycles. The third-order valence-electron chi connectivity index (χ3n) is 4.90. The summed E-state index contributed by atoms with van der Waals surface area (Å²) in [5.74, 6) is 1.42. The summed E-state index contributed by atoms with van der Waals surface area (Å²) in [6.07, 6.45) is 1.72. The van der Waals surface area contributed by atoms with Gasteiger partial charge in [-0.2, -0.15) is 5.26 Å². The maximum atomic E-state index is 12.5. The van der Waals surface area contributed by atoms with Crippen LogP contribution in [-0.4, -0.2) is 37.1 Å². The van der Waals surface area contributed by atoms with Crippen LogP contribution in [0.15, 0.2) is 30.3 Å². The van der Waals surface area contributed by atoms with Crippen molar-refractivity contribution in [3.05, 3.63) is 52.0 Å². The second-order valence-electron chi connectivity index (χ2n) is 6.93. The molecule has 1 N–H and O–H groups in total. The van der Waals surface area contributed by atoms with Crippen molar-refractivity contribution < 1.29 is 14.3 Å². The maximum absolute atomic E-state index is 12.5. The normalized spacial score (nSPS) is 15.9. The molecular formula is C21H20ClN3O3. The number of hydrogen-bond donors (Lipinski definition) is 1. The Hall–Kier alpha value is -2.75. The Morgan fingerprint density at radius 3 is 2.68 bits per heavy atom. The zero-order chi connectivity index (χ0) is 19.5. The summed E-state index contributed by atoms with van der Waals surface area (Å²) in [6.45, 7) is 3.01. The molecule has 1 amide bonds. The molecule has 0 unspecified atom stereocenters. The van der Waals surface area contributed by atoms with E-state index in [1.807, 2.05) is 6.07 Å². The zero-order valence-electron chi connectivity index (χ0n) is 15.3. The minimum atomic E-state index is -0.170. The lowest BCUT2D eigenvalue weighted by atomic mass is 9.99. The topological polar surface area (TPSA) is 74.6 Å². The van der Waals surface area contributed by atoms with E-state index < -0.39 is 0 Å². The number of benzene rings is 2. The quantitative estimate of drug-likeness (QED) is 0.859. The van der Waals surface area contributed by atoms with Crippen LogP contribution in [0.5, 0.6) is 11.5 Å². The summed E-state index contributed by atoms with van der Waals surface area (Å²) in [6, 6.07) is 11.0. The van der Waals surface area contributed by atoms with Crippen molar-refractivity contribution >= 4 is 23.2 Å². The molecule has 28 heavy (non-hydrogen) atoms. The number of ether oxygens (including phenoxy) is 2. The lowest BCUT2D eigenvalue weighted by Gasteiger charge is -2.29. The highest BCUT2D eigenvalue weighted by Gasteiger charge is 2.22. The van der Waals surface area contributed by atoms with Crippen LogP contribution in [0.3, 0.4) is 0 Å². The lowest BCUT2D eigenvalue weighted by molar-refractivity contribution is -0.117. The summed E-state index contributed by atoms with van der Waals surface area (Å²) >= 11 is 5.98. The third kappa shape index (κ3) is 4.06. The minimum absolute atomic E-state index is 0.170. The maximum Gasteiger partial charge on any atom is 0.238 e. The van der Waals surface area contributed by atoms with Crippen LogP contribution >= 0.6 is 11.6 Å². The second-order valence-corrected chi connectivity index (χ2v) is 7.37. The summed E-state index contributed by atoms with van der Waals surface area (Å²) in [7, 11) is 0. The van der Waals surface area contributed by atoms with Crippen molar-refractivity contribution in [2.75, 3.05) is 31.6 Å². The number of anilines is 1. The summed E-state index contributed by atoms with van der Waals surface area (Å²) < 4.78 is 11.5. The van der Waals surface area contributed by atoms with E-state index >= 15 is 0 Å². The van der Waals surface area contributed by atoms with Crippen LogP contribution in [0.1, 0.15) is 23.1 Å². The van der Waals surface area contributed by atoms with E-state index in [9.17, 15) is 10.1 Å². The van der Waals surface area contributed by atoms with Crippen LogP contribution in [0.2, 0.25) is 5.02 Å². The molecule has 6 nitrogen and oxygen atoms in total. The molecule has 0 saturated heterocycles. The molecule has 2 heterocycles. The van der Waals surface area contributed by atoms with E-state index in [2.05, 4.69) is 22.4 Å². The van der Waals surface area contributed by atoms with Crippen molar-refractivity contribution in [3.63, 3.8) is 0 Å². The Kier molecular flexibility index (Phi) is 5.38. The molecule has 2 aliphatic heterocycles. The van der Waals surface area contributed by atoms with Crippen LogP contribution in [0.4, 0.5) is 5.69 Å². The van der Waals surface area contributed by atoms with Crippen molar-refractivity contribution in [3.8, 4) is 17.6 Å². The molecule has 0 aliphatic carbocycles. The van der Waals surface area contributed by atoms with Gasteiger partial charge in [0.25, 0.3) is 0 Å². The van der Waals surface area contributed by atoms with Gasteiger partial charge in [-0.3, -0.25) is 9.69 Å². The SMILES string of the molecule is N#Cc1ccc(Cl)cc1NC(=O)CN1CCc2cc3c(cc2C1)OCCCO3. The van der Waals surface area contributed by atoms with Crippen LogP contribution in [0, 0.1) is 11.3 Å². The predicted molar refractivity (Wildman–Crippen MR) is 106 cm³/mol. The van der Waals surface area contributed by atoms with E-state index in [0.29, 0.717) is 36.0 Å². The average molecular weight is 398 g/mol. The number of hydrogen-bond acceptors (Lipinski definition) is 5. The fourth-order valence-corrected chi connectivity index (χ4v) is 3.69. The van der Waals surface area contributed by atoms with Crippen molar-refractivity contribution in [1.82, 2.24) is 4.90 Å². The fraction of sp³-hybridized carbons (Fsp3) is 0.333. The van der Waals surface area contributed by atoms with E-state index in [4.69, 9.17) is 21.1 Å². The number of rotatable bonds is 3. The Morgan fingerprint density at radius 2 is 1.93 bits per heavy atom. The number of nitrogens with one attached hydrogen (secondary N) is 1. The Labute approximate surface area is 168 Å². The van der Waals surface area contributed by atoms with Crippen molar-refractivity contribution in [2.45, 2.75) is 19.4 Å². The van der Waals surface area contributed by atoms with Gasteiger partial charge in [0, 0.05) is 24.5 Å². The molecule has 0 fully saturated rings. The molecule has 0 radical (unpaired) electrons. The van der Waals surface area contributed by atoms with E-state index in [1.165, 1.54) is 5.56 Å². The number of fused-ring (bicyclic) bond motifs is 2. The standard InChI is InChI=1S/C21H20ClN3O3/c22-17-3-2-15(11-23)18(10-17)24-21(26)13-25-5-4-14-8-19-20(9-16(14)12-25)28-7-1-6-27-19/h2-3,8-10H,1,4-7,12-13H2,(H,24,26). The highest BCUT2D eigenvalue weighted by molar-refractivity contribution is 6.31. The molecule has 4 rings (SSSR count). The first-order chi connectivity index (χ1) is 13.6. The fourth-order valence-electron chi connectivity index (χ4n) is 3.52. The molecule has 2 aromatic carbocycles. The van der Waals surface area contributed by atoms with Gasteiger partial charge in [0.15, 0.2) is 11.5 Å². The third-order valence-corrected chi connectivity index (χ3v) is 5.14. The number of nitriles is 1. The lowest BCUT2D eigenvalue weighted by Crippen LogP contribution is -2.37. The molecule has 2 aliphatic rings. The van der Waals surface area contributed by atoms with Gasteiger partial charge in [0.2, 0.25) is 5.91 Å². The summed E-state index contributed by atoms with van der Waals surface area (Å²) in [5.41, 5.74) is 3.22. The largest absolute Gasteiger partial charge is 0.490 e. The first-order valence-corrected chi connectivity index (χ1v) is 9.63. The molecule has 0 spiro atoms. The van der Waals surface area contributed by atoms with Crippen LogP contribution in [-0.2, 0) is 17.8 Å². The molecule has 0 bridgehead atoms. The molecule has 2 aromatic rings. The van der Waals surface area contributed by atoms with Gasteiger partial charge in [-0.25, -0.2) is 0 Å². The van der Waals surface area contributed by atoms with Crippen LogP contribution < -0.4 is 14.8 Å². The van der Waals surface area contributed by atoms with Gasteiger partial charge < -0.3 is 14.8 Å². The molecule has 0 aromatic heterocycles. The number of amides is 1. The van der Waals surface area contributed by atoms with Crippen molar-refractivity contribution in [1.29, 1.82) is 5.26 Å². The van der Waals surface area contributed by atoms with E-state index in [0.717, 1.165) is 36.4 Å². The highest BCUT2D eigenvalue weighted by atomic mass is 35.5. The van der Waals surface area contributed by atoms with Gasteiger partial charge in [-0.15, -0.1) is 0 Å². The van der Waals surface area contributed by atoms with Gasteiger partial charge in [0.05, 0.1) is 31.0 Å². The predicted octanol–water partition coefficient (Wildman–Crippen LogP) is 3.37. The number of halogens is 1. The van der Waals surface area contributed by atoms with Gasteiger partial charge >= 0.3 is 0 Å². The highest BCUT2D eigenvalue weighted by Crippen LogP contribution is 2.35. The van der Waals surface area contributed by atoms with Crippen LogP contribution in [0.25, 0.3) is 0 Å². The molecular weight excluding hydrogens is 378 g/mol. The van der Waals surface area contributed by atoms with Gasteiger partial charge in [0.1, 0.15) is 6.07 Å². The van der Waals surface area contributed by atoms with Crippen molar-refractivity contribution in [2.24, 2.45) is 0 Å². The van der Waals surface area contributed by atoms with E-state index in [1.54, 1.807) is 18.2 Å². The zero-order valence-corrected chi connectivity index (χ0v) is 16.1. The van der Waals surface area contributed by atoms with Gasteiger partial charge in [-0.1, -0.05) is 11.6 Å². The molecule has 144 valence electrons. The second kappa shape index (κ2) is 8.09. The molecule has 7 heteroatoms. The van der Waals surface area contributed by atoms with E-state index in [-0.39, 0.29) is 12.5 Å².